The molecular formula is C23H24Cl2N4OS. The van der Waals surface area contributed by atoms with Gasteiger partial charge >= 0.3 is 0 Å². The molecule has 2 atom stereocenters. The van der Waals surface area contributed by atoms with Crippen LogP contribution in [0.3, 0.4) is 0 Å². The highest BCUT2D eigenvalue weighted by atomic mass is 35.5. The molecule has 0 N–H and O–H groups in total. The highest BCUT2D eigenvalue weighted by Crippen LogP contribution is 2.56. The number of carbonyl (C=O) groups is 1. The number of allylic oxidation sites excluding steroid dienone is 1. The van der Waals surface area contributed by atoms with Gasteiger partial charge in [-0.1, -0.05) is 55.2 Å². The Bertz CT molecular complexity index is 1080. The predicted octanol–water partition coefficient (Wildman–Crippen LogP) is 5.72. The maximum absolute atomic E-state index is 13.0. The number of nitrogens with zero attached hydrogens (tertiary/aromatic N) is 4. The predicted molar refractivity (Wildman–Crippen MR) is 128 cm³/mol. The van der Waals surface area contributed by atoms with E-state index in [9.17, 15) is 4.79 Å². The molecule has 1 aromatic carbocycles. The number of benzene rings is 1. The number of amidine groups is 1. The van der Waals surface area contributed by atoms with E-state index in [4.69, 9.17) is 28.2 Å². The molecule has 162 valence electrons. The zero-order valence-corrected chi connectivity index (χ0v) is 20.4. The summed E-state index contributed by atoms with van der Waals surface area (Å²) in [5, 5.41) is 1.94. The lowest BCUT2D eigenvalue weighted by Gasteiger charge is -2.37. The Labute approximate surface area is 197 Å². The normalized spacial score (nSPS) is 22.8. The average Bonchev–Trinajstić information content (AvgIpc) is 3.21. The van der Waals surface area contributed by atoms with Crippen molar-refractivity contribution in [2.24, 2.45) is 10.9 Å². The lowest BCUT2D eigenvalue weighted by atomic mass is 9.81. The summed E-state index contributed by atoms with van der Waals surface area (Å²) in [6, 6.07) is 11.5. The first-order valence-corrected chi connectivity index (χ1v) is 11.6. The lowest BCUT2D eigenvalue weighted by molar-refractivity contribution is -0.124. The van der Waals surface area contributed by atoms with Gasteiger partial charge in [0.2, 0.25) is 0 Å². The largest absolute Gasteiger partial charge is 0.344 e. The van der Waals surface area contributed by atoms with Crippen molar-refractivity contribution < 1.29 is 4.79 Å². The molecule has 2 aliphatic heterocycles. The van der Waals surface area contributed by atoms with Gasteiger partial charge in [0.25, 0.3) is 5.91 Å². The molecule has 0 unspecified atom stereocenters. The van der Waals surface area contributed by atoms with Crippen LogP contribution in [0.15, 0.2) is 58.2 Å². The van der Waals surface area contributed by atoms with E-state index in [-0.39, 0.29) is 17.9 Å². The number of carbonyl (C=O) groups excluding carboxylic acids is 1. The van der Waals surface area contributed by atoms with Crippen LogP contribution < -0.4 is 0 Å². The molecule has 1 aromatic heterocycles. The van der Waals surface area contributed by atoms with Crippen molar-refractivity contribution in [2.45, 2.75) is 32.4 Å². The summed E-state index contributed by atoms with van der Waals surface area (Å²) in [6.45, 7) is 6.33. The van der Waals surface area contributed by atoms with Crippen molar-refractivity contribution in [3.05, 3.63) is 74.5 Å². The van der Waals surface area contributed by atoms with E-state index in [0.717, 1.165) is 26.9 Å². The van der Waals surface area contributed by atoms with Gasteiger partial charge < -0.3 is 9.80 Å². The van der Waals surface area contributed by atoms with Gasteiger partial charge in [0.15, 0.2) is 5.17 Å². The highest BCUT2D eigenvalue weighted by molar-refractivity contribution is 8.18. The van der Waals surface area contributed by atoms with Gasteiger partial charge in [-0.25, -0.2) is 9.98 Å². The number of fused-ring (bicyclic) bond motifs is 1. The molecule has 0 saturated carbocycles. The second-order valence-corrected chi connectivity index (χ2v) is 10.2. The van der Waals surface area contributed by atoms with Crippen molar-refractivity contribution in [1.82, 2.24) is 14.8 Å². The molecule has 3 heterocycles. The Morgan fingerprint density at radius 2 is 1.84 bits per heavy atom. The highest BCUT2D eigenvalue weighted by Gasteiger charge is 2.53. The van der Waals surface area contributed by atoms with E-state index in [0.29, 0.717) is 10.2 Å². The molecule has 31 heavy (non-hydrogen) atoms. The van der Waals surface area contributed by atoms with Crippen LogP contribution in [0.1, 0.15) is 37.9 Å². The number of aromatic nitrogens is 1. The molecule has 0 bridgehead atoms. The van der Waals surface area contributed by atoms with Crippen molar-refractivity contribution in [1.29, 1.82) is 0 Å². The summed E-state index contributed by atoms with van der Waals surface area (Å²) in [5.74, 6) is 0.134. The van der Waals surface area contributed by atoms with Crippen LogP contribution in [0.5, 0.6) is 0 Å². The Balaban J connectivity index is 1.91. The fourth-order valence-electron chi connectivity index (χ4n) is 4.16. The molecular weight excluding hydrogens is 451 g/mol. The molecule has 0 radical (unpaired) electrons. The minimum absolute atomic E-state index is 0.00415. The quantitative estimate of drug-likeness (QED) is 0.531. The van der Waals surface area contributed by atoms with Crippen LogP contribution in [0.25, 0.3) is 0 Å². The fraction of sp³-hybridized carbons (Fsp3) is 0.348. The standard InChI is InChI=1S/C23H24Cl2N4OS/c1-13(2)18-19(21(30)28(4)5)31-22-27-23(3,15-8-11-17(25)26-12-15)20(29(18)22)14-6-9-16(24)10-7-14/h6-13,20H,1-5H3/t20-,23+/m1/s1. The number of halogens is 2. The summed E-state index contributed by atoms with van der Waals surface area (Å²) < 4.78 is 0. The lowest BCUT2D eigenvalue weighted by Crippen LogP contribution is -2.36. The van der Waals surface area contributed by atoms with Crippen molar-refractivity contribution in [3.63, 3.8) is 0 Å². The Kier molecular flexibility index (Phi) is 5.83. The number of amides is 1. The van der Waals surface area contributed by atoms with Crippen LogP contribution in [0.2, 0.25) is 10.2 Å². The van der Waals surface area contributed by atoms with E-state index in [2.05, 4.69) is 30.7 Å². The number of hydrogen-bond acceptors (Lipinski definition) is 5. The van der Waals surface area contributed by atoms with Crippen LogP contribution in [-0.2, 0) is 10.3 Å². The van der Waals surface area contributed by atoms with E-state index in [1.165, 1.54) is 11.8 Å². The monoisotopic (exact) mass is 474 g/mol. The molecule has 0 saturated heterocycles. The fourth-order valence-corrected chi connectivity index (χ4v) is 5.82. The number of rotatable bonds is 4. The molecule has 0 spiro atoms. The molecule has 8 heteroatoms. The van der Waals surface area contributed by atoms with Gasteiger partial charge in [-0.05, 0) is 48.4 Å². The first-order chi connectivity index (χ1) is 14.6. The van der Waals surface area contributed by atoms with Crippen LogP contribution in [0, 0.1) is 5.92 Å². The number of pyridine rings is 1. The summed E-state index contributed by atoms with van der Waals surface area (Å²) in [4.78, 5) is 27.0. The molecule has 0 aliphatic carbocycles. The summed E-state index contributed by atoms with van der Waals surface area (Å²) in [5.41, 5.74) is 2.41. The summed E-state index contributed by atoms with van der Waals surface area (Å²) in [7, 11) is 3.55. The molecule has 0 fully saturated rings. The molecule has 2 aromatic rings. The SMILES string of the molecule is CC(C)C1=C(C(=O)N(C)C)SC2=N[C@@](C)(c3ccc(Cl)nc3)[C@@H](c3ccc(Cl)cc3)N21. The van der Waals surface area contributed by atoms with Gasteiger partial charge in [0, 0.05) is 36.6 Å². The van der Waals surface area contributed by atoms with Gasteiger partial charge in [0.1, 0.15) is 15.6 Å². The average molecular weight is 475 g/mol. The van der Waals surface area contributed by atoms with Crippen molar-refractivity contribution in [2.75, 3.05) is 14.1 Å². The maximum Gasteiger partial charge on any atom is 0.262 e. The number of thioether (sulfide) groups is 1. The second-order valence-electron chi connectivity index (χ2n) is 8.41. The second kappa shape index (κ2) is 8.15. The third kappa shape index (κ3) is 3.75. The Morgan fingerprint density at radius 3 is 2.39 bits per heavy atom. The molecule has 5 nitrogen and oxygen atoms in total. The minimum atomic E-state index is -0.611. The van der Waals surface area contributed by atoms with Crippen LogP contribution in [0.4, 0.5) is 0 Å². The minimum Gasteiger partial charge on any atom is -0.344 e. The van der Waals surface area contributed by atoms with E-state index >= 15 is 0 Å². The van der Waals surface area contributed by atoms with Crippen LogP contribution >= 0.6 is 35.0 Å². The maximum atomic E-state index is 13.0. The Hall–Kier alpha value is -2.02. The smallest absolute Gasteiger partial charge is 0.262 e. The molecule has 4 rings (SSSR count). The summed E-state index contributed by atoms with van der Waals surface area (Å²) in [6.07, 6.45) is 1.78. The number of aliphatic imine (C=N–C) groups is 1. The third-order valence-electron chi connectivity index (χ3n) is 5.66. The van der Waals surface area contributed by atoms with Crippen LogP contribution in [-0.4, -0.2) is 40.0 Å². The van der Waals surface area contributed by atoms with Crippen molar-refractivity contribution >= 4 is 46.0 Å². The molecule has 1 amide bonds. The van der Waals surface area contributed by atoms with Gasteiger partial charge in [-0.2, -0.15) is 0 Å². The molecule has 2 aliphatic rings. The first kappa shape index (κ1) is 22.2. The van der Waals surface area contributed by atoms with Gasteiger partial charge in [-0.15, -0.1) is 0 Å². The third-order valence-corrected chi connectivity index (χ3v) is 7.19. The van der Waals surface area contributed by atoms with E-state index in [1.54, 1.807) is 31.3 Å². The first-order valence-electron chi connectivity index (χ1n) is 10.0. The van der Waals surface area contributed by atoms with E-state index < -0.39 is 5.54 Å². The zero-order chi connectivity index (χ0) is 22.5. The summed E-state index contributed by atoms with van der Waals surface area (Å²) >= 11 is 13.7. The topological polar surface area (TPSA) is 48.8 Å². The van der Waals surface area contributed by atoms with Gasteiger partial charge in [0.05, 0.1) is 6.04 Å². The van der Waals surface area contributed by atoms with Crippen molar-refractivity contribution in [3.8, 4) is 0 Å². The zero-order valence-electron chi connectivity index (χ0n) is 18.1. The number of likely N-dealkylation sites (N-methyl/N-ethyl adjacent to an activating group) is 1. The number of hydrogen-bond donors (Lipinski definition) is 0. The Morgan fingerprint density at radius 1 is 1.16 bits per heavy atom. The van der Waals surface area contributed by atoms with E-state index in [1.807, 2.05) is 30.3 Å². The van der Waals surface area contributed by atoms with Gasteiger partial charge in [-0.3, -0.25) is 4.79 Å².